The molecule has 0 saturated heterocycles. The van der Waals surface area contributed by atoms with Gasteiger partial charge >= 0.3 is 0 Å². The molecule has 98 valence electrons. The highest BCUT2D eigenvalue weighted by Gasteiger charge is 2.10. The van der Waals surface area contributed by atoms with Crippen molar-refractivity contribution in [2.24, 2.45) is 0 Å². The molecule has 0 atom stereocenters. The lowest BCUT2D eigenvalue weighted by molar-refractivity contribution is 0.102. The molecule has 0 spiro atoms. The van der Waals surface area contributed by atoms with Gasteiger partial charge in [0, 0.05) is 35.9 Å². The highest BCUT2D eigenvalue weighted by molar-refractivity contribution is 7.18. The Bertz CT molecular complexity index is 714. The van der Waals surface area contributed by atoms with Gasteiger partial charge in [0.2, 0.25) is 5.13 Å². The zero-order chi connectivity index (χ0) is 13.8. The summed E-state index contributed by atoms with van der Waals surface area (Å²) in [6.07, 6.45) is 6.53. The van der Waals surface area contributed by atoms with Crippen LogP contribution in [0.15, 0.2) is 49.1 Å². The number of pyridine rings is 2. The van der Waals surface area contributed by atoms with Gasteiger partial charge in [0.15, 0.2) is 5.01 Å². The molecule has 0 unspecified atom stereocenters. The first-order chi connectivity index (χ1) is 9.83. The molecule has 0 bridgehead atoms. The number of nitrogens with one attached hydrogen (secondary N) is 1. The van der Waals surface area contributed by atoms with Gasteiger partial charge in [0.05, 0.1) is 0 Å². The van der Waals surface area contributed by atoms with E-state index in [1.807, 2.05) is 12.1 Å². The fourth-order valence-electron chi connectivity index (χ4n) is 1.55. The Balaban J connectivity index is 1.77. The van der Waals surface area contributed by atoms with Crippen LogP contribution in [0.4, 0.5) is 5.13 Å². The van der Waals surface area contributed by atoms with Gasteiger partial charge in [-0.25, -0.2) is 0 Å². The minimum absolute atomic E-state index is 0.235. The molecule has 0 saturated carbocycles. The Morgan fingerprint density at radius 2 is 1.90 bits per heavy atom. The highest BCUT2D eigenvalue weighted by Crippen LogP contribution is 2.25. The standard InChI is InChI=1S/C13H9N5OS/c19-11(9-3-6-14-7-4-9)16-13-18-17-12(20-13)10-2-1-5-15-8-10/h1-8H,(H,16,18,19). The molecule has 3 heterocycles. The second-order valence-electron chi connectivity index (χ2n) is 3.84. The lowest BCUT2D eigenvalue weighted by Crippen LogP contribution is -2.11. The number of aromatic nitrogens is 4. The summed E-state index contributed by atoms with van der Waals surface area (Å²) in [6, 6.07) is 6.99. The van der Waals surface area contributed by atoms with Crippen molar-refractivity contribution in [2.45, 2.75) is 0 Å². The zero-order valence-electron chi connectivity index (χ0n) is 10.2. The first-order valence-electron chi connectivity index (χ1n) is 5.78. The molecule has 0 radical (unpaired) electrons. The fourth-order valence-corrected chi connectivity index (χ4v) is 2.28. The van der Waals surface area contributed by atoms with Crippen LogP contribution in [0.2, 0.25) is 0 Å². The summed E-state index contributed by atoms with van der Waals surface area (Å²) < 4.78 is 0. The average Bonchev–Trinajstić information content (AvgIpc) is 2.97. The van der Waals surface area contributed by atoms with Crippen LogP contribution in [0, 0.1) is 0 Å². The largest absolute Gasteiger partial charge is 0.296 e. The quantitative estimate of drug-likeness (QED) is 0.797. The monoisotopic (exact) mass is 283 g/mol. The third kappa shape index (κ3) is 2.67. The lowest BCUT2D eigenvalue weighted by atomic mass is 10.2. The van der Waals surface area contributed by atoms with Crippen molar-refractivity contribution >= 4 is 22.4 Å². The van der Waals surface area contributed by atoms with Gasteiger partial charge in [-0.15, -0.1) is 10.2 Å². The highest BCUT2D eigenvalue weighted by atomic mass is 32.1. The van der Waals surface area contributed by atoms with Crippen LogP contribution in [0.25, 0.3) is 10.6 Å². The molecule has 7 heteroatoms. The third-order valence-electron chi connectivity index (χ3n) is 2.50. The van der Waals surface area contributed by atoms with Crippen molar-refractivity contribution in [3.63, 3.8) is 0 Å². The van der Waals surface area contributed by atoms with Crippen LogP contribution in [0.1, 0.15) is 10.4 Å². The van der Waals surface area contributed by atoms with Gasteiger partial charge in [0.1, 0.15) is 0 Å². The molecular weight excluding hydrogens is 274 g/mol. The number of carbonyl (C=O) groups excluding carboxylic acids is 1. The van der Waals surface area contributed by atoms with Crippen LogP contribution >= 0.6 is 11.3 Å². The summed E-state index contributed by atoms with van der Waals surface area (Å²) in [5.74, 6) is -0.235. The van der Waals surface area contributed by atoms with E-state index in [1.54, 1.807) is 36.9 Å². The Morgan fingerprint density at radius 3 is 2.65 bits per heavy atom. The number of anilines is 1. The number of carbonyl (C=O) groups is 1. The van der Waals surface area contributed by atoms with E-state index in [0.717, 1.165) is 5.56 Å². The molecule has 0 fully saturated rings. The number of nitrogens with zero attached hydrogens (tertiary/aromatic N) is 4. The van der Waals surface area contributed by atoms with Crippen molar-refractivity contribution in [1.82, 2.24) is 20.2 Å². The lowest BCUT2D eigenvalue weighted by Gasteiger charge is -1.99. The molecule has 0 aliphatic rings. The van der Waals surface area contributed by atoms with Crippen molar-refractivity contribution in [3.05, 3.63) is 54.6 Å². The van der Waals surface area contributed by atoms with Crippen LogP contribution in [0.3, 0.4) is 0 Å². The molecule has 1 amide bonds. The summed E-state index contributed by atoms with van der Waals surface area (Å²) in [6.45, 7) is 0. The first-order valence-corrected chi connectivity index (χ1v) is 6.60. The van der Waals surface area contributed by atoms with Crippen molar-refractivity contribution in [2.75, 3.05) is 5.32 Å². The Labute approximate surface area is 118 Å². The van der Waals surface area contributed by atoms with Crippen molar-refractivity contribution in [3.8, 4) is 10.6 Å². The van der Waals surface area contributed by atoms with E-state index >= 15 is 0 Å². The van der Waals surface area contributed by atoms with Gasteiger partial charge in [-0.1, -0.05) is 11.3 Å². The van der Waals surface area contributed by atoms with Gasteiger partial charge in [-0.2, -0.15) is 0 Å². The van der Waals surface area contributed by atoms with Crippen LogP contribution in [0.5, 0.6) is 0 Å². The normalized spacial score (nSPS) is 10.2. The van der Waals surface area contributed by atoms with E-state index in [9.17, 15) is 4.79 Å². The average molecular weight is 283 g/mol. The van der Waals surface area contributed by atoms with E-state index in [0.29, 0.717) is 15.7 Å². The van der Waals surface area contributed by atoms with Crippen LogP contribution in [-0.2, 0) is 0 Å². The predicted molar refractivity (Wildman–Crippen MR) is 75.3 cm³/mol. The second kappa shape index (κ2) is 5.54. The van der Waals surface area contributed by atoms with E-state index in [2.05, 4.69) is 25.5 Å². The smallest absolute Gasteiger partial charge is 0.257 e. The molecule has 1 N–H and O–H groups in total. The van der Waals surface area contributed by atoms with Crippen LogP contribution < -0.4 is 5.32 Å². The van der Waals surface area contributed by atoms with Crippen LogP contribution in [-0.4, -0.2) is 26.1 Å². The van der Waals surface area contributed by atoms with Gasteiger partial charge in [-0.3, -0.25) is 20.1 Å². The fraction of sp³-hybridized carbons (Fsp3) is 0. The maximum Gasteiger partial charge on any atom is 0.257 e. The molecule has 20 heavy (non-hydrogen) atoms. The Morgan fingerprint density at radius 1 is 1.05 bits per heavy atom. The van der Waals surface area contributed by atoms with Gasteiger partial charge in [-0.05, 0) is 24.3 Å². The topological polar surface area (TPSA) is 80.7 Å². The summed E-state index contributed by atoms with van der Waals surface area (Å²) in [5.41, 5.74) is 1.40. The number of rotatable bonds is 3. The molecule has 0 aromatic carbocycles. The first kappa shape index (κ1) is 12.4. The van der Waals surface area contributed by atoms with E-state index in [-0.39, 0.29) is 5.91 Å². The minimum Gasteiger partial charge on any atom is -0.296 e. The van der Waals surface area contributed by atoms with Gasteiger partial charge in [0.25, 0.3) is 5.91 Å². The Hall–Kier alpha value is -2.67. The molecule has 3 rings (SSSR count). The van der Waals surface area contributed by atoms with E-state index in [4.69, 9.17) is 0 Å². The summed E-state index contributed by atoms with van der Waals surface area (Å²) in [7, 11) is 0. The number of hydrogen-bond acceptors (Lipinski definition) is 6. The summed E-state index contributed by atoms with van der Waals surface area (Å²) in [4.78, 5) is 19.8. The molecule has 6 nitrogen and oxygen atoms in total. The van der Waals surface area contributed by atoms with Crippen molar-refractivity contribution < 1.29 is 4.79 Å². The third-order valence-corrected chi connectivity index (χ3v) is 3.38. The number of hydrogen-bond donors (Lipinski definition) is 1. The second-order valence-corrected chi connectivity index (χ2v) is 4.82. The molecule has 3 aromatic rings. The Kier molecular flexibility index (Phi) is 3.42. The van der Waals surface area contributed by atoms with Gasteiger partial charge < -0.3 is 0 Å². The maximum atomic E-state index is 11.9. The van der Waals surface area contributed by atoms with Crippen molar-refractivity contribution in [1.29, 1.82) is 0 Å². The zero-order valence-corrected chi connectivity index (χ0v) is 11.0. The summed E-state index contributed by atoms with van der Waals surface area (Å²) >= 11 is 1.30. The molecular formula is C13H9N5OS. The SMILES string of the molecule is O=C(Nc1nnc(-c2cccnc2)s1)c1ccncc1. The molecule has 0 aliphatic heterocycles. The maximum absolute atomic E-state index is 11.9. The number of amides is 1. The predicted octanol–water partition coefficient (Wildman–Crippen LogP) is 2.25. The van der Waals surface area contributed by atoms with E-state index in [1.165, 1.54) is 11.3 Å². The minimum atomic E-state index is -0.235. The summed E-state index contributed by atoms with van der Waals surface area (Å²) in [5, 5.41) is 11.9. The molecule has 0 aliphatic carbocycles. The molecule has 3 aromatic heterocycles. The van der Waals surface area contributed by atoms with E-state index < -0.39 is 0 Å².